The number of hydrogen-bond acceptors (Lipinski definition) is 5. The molecule has 2 aromatic carbocycles. The summed E-state index contributed by atoms with van der Waals surface area (Å²) in [5, 5.41) is 0.913. The van der Waals surface area contributed by atoms with Gasteiger partial charge in [-0.05, 0) is 76.1 Å². The van der Waals surface area contributed by atoms with E-state index in [-0.39, 0.29) is 33.3 Å². The first-order valence-electron chi connectivity index (χ1n) is 14.8. The monoisotopic (exact) mass is 672 g/mol. The molecule has 3 aromatic heterocycles. The fourth-order valence-corrected chi connectivity index (χ4v) is 7.42. The molecule has 1 unspecified atom stereocenters. The van der Waals surface area contributed by atoms with Crippen LogP contribution < -0.4 is 4.74 Å². The second-order valence-corrected chi connectivity index (χ2v) is 14.2. The zero-order valence-corrected chi connectivity index (χ0v) is 26.6. The van der Waals surface area contributed by atoms with E-state index in [0.717, 1.165) is 40.8 Å². The zero-order valence-electron chi connectivity index (χ0n) is 25.0. The molecule has 2 atom stereocenters. The van der Waals surface area contributed by atoms with Gasteiger partial charge in [-0.15, -0.1) is 11.3 Å². The number of aromatic nitrogens is 3. The molecule has 2 aliphatic rings. The average Bonchev–Trinajstić information content (AvgIpc) is 3.75. The van der Waals surface area contributed by atoms with E-state index in [9.17, 15) is 18.0 Å². The van der Waals surface area contributed by atoms with E-state index in [2.05, 4.69) is 9.97 Å². The second-order valence-electron chi connectivity index (χ2n) is 12.5. The van der Waals surface area contributed by atoms with Gasteiger partial charge in [-0.1, -0.05) is 17.7 Å². The number of carbonyl (C=O) groups excluding carboxylic acids is 1. The molecule has 0 saturated carbocycles. The first-order valence-corrected chi connectivity index (χ1v) is 15.9. The van der Waals surface area contributed by atoms with Gasteiger partial charge in [0.1, 0.15) is 23.0 Å². The molecule has 2 aliphatic heterocycles. The normalized spacial score (nSPS) is 18.0. The van der Waals surface area contributed by atoms with Crippen molar-refractivity contribution in [2.45, 2.75) is 64.1 Å². The fraction of sp³-hybridized carbons (Fsp3) is 0.333. The van der Waals surface area contributed by atoms with Crippen molar-refractivity contribution in [2.24, 2.45) is 0 Å². The summed E-state index contributed by atoms with van der Waals surface area (Å²) in [6.45, 7) is 6.07. The van der Waals surface area contributed by atoms with Gasteiger partial charge in [0.25, 0.3) is 0 Å². The van der Waals surface area contributed by atoms with Crippen molar-refractivity contribution >= 4 is 39.9 Å². The van der Waals surface area contributed by atoms with Gasteiger partial charge in [0.15, 0.2) is 0 Å². The number of carbonyl (C=O) groups is 1. The molecule has 5 aromatic rings. The molecule has 0 spiro atoms. The summed E-state index contributed by atoms with van der Waals surface area (Å²) in [7, 11) is 0. The molecule has 1 N–H and O–H groups in total. The molecule has 240 valence electrons. The number of fused-ring (bicyclic) bond motifs is 5. The summed E-state index contributed by atoms with van der Waals surface area (Å²) in [6.07, 6.45) is -3.32. The van der Waals surface area contributed by atoms with E-state index < -0.39 is 30.2 Å². The van der Waals surface area contributed by atoms with Crippen LogP contribution in [0.2, 0.25) is 5.02 Å². The molecular formula is C33H29ClF4N4O3S. The van der Waals surface area contributed by atoms with Crippen LogP contribution in [0.3, 0.4) is 0 Å². The number of likely N-dealkylation sites (tertiary alicyclic amines) is 1. The maximum absolute atomic E-state index is 15.4. The summed E-state index contributed by atoms with van der Waals surface area (Å²) >= 11 is 7.16. The number of rotatable bonds is 4. The van der Waals surface area contributed by atoms with Gasteiger partial charge >= 0.3 is 12.3 Å². The Hall–Kier alpha value is -4.03. The standard InChI is InChI=1S/C33H29ClF4N4O3S/c1-32(2,3)45-31(43)41-10-4-5-24(41)29-39-16-22(40-29)17-6-8-23-18(11-17)12-25-28-21(35)13-19(34)14-26(28)44-30(42(23)25)27-9-7-20(46-27)15-33(36,37)38/h6-9,11-14,16,24,30H,4-5,10,15H2,1-3H3,(H,39,40)/t24-,30?/m0/s1. The zero-order chi connectivity index (χ0) is 32.5. The van der Waals surface area contributed by atoms with E-state index in [1.165, 1.54) is 18.2 Å². The Labute approximate surface area is 270 Å². The molecule has 7 nitrogen and oxygen atoms in total. The molecule has 46 heavy (non-hydrogen) atoms. The van der Waals surface area contributed by atoms with Crippen molar-refractivity contribution in [1.82, 2.24) is 19.4 Å². The third-order valence-electron chi connectivity index (χ3n) is 7.99. The van der Waals surface area contributed by atoms with Gasteiger partial charge in [-0.3, -0.25) is 9.47 Å². The van der Waals surface area contributed by atoms with E-state index >= 15 is 4.39 Å². The Bertz CT molecular complexity index is 1980. The average molecular weight is 673 g/mol. The lowest BCUT2D eigenvalue weighted by Crippen LogP contribution is -2.36. The van der Waals surface area contributed by atoms with Crippen LogP contribution in [0.5, 0.6) is 5.75 Å². The molecule has 13 heteroatoms. The third kappa shape index (κ3) is 5.72. The topological polar surface area (TPSA) is 72.4 Å². The summed E-state index contributed by atoms with van der Waals surface area (Å²) in [6, 6.07) is 13.1. The minimum Gasteiger partial charge on any atom is -0.464 e. The Morgan fingerprint density at radius 3 is 2.72 bits per heavy atom. The van der Waals surface area contributed by atoms with Gasteiger partial charge in [0.05, 0.1) is 46.0 Å². The first-order chi connectivity index (χ1) is 21.7. The Balaban J connectivity index is 1.26. The molecular weight excluding hydrogens is 644 g/mol. The number of benzene rings is 2. The number of alkyl halides is 3. The highest BCUT2D eigenvalue weighted by molar-refractivity contribution is 7.12. The largest absolute Gasteiger partial charge is 0.464 e. The lowest BCUT2D eigenvalue weighted by Gasteiger charge is -2.29. The lowest BCUT2D eigenvalue weighted by molar-refractivity contribution is -0.126. The third-order valence-corrected chi connectivity index (χ3v) is 9.32. The minimum absolute atomic E-state index is 0.147. The Morgan fingerprint density at radius 1 is 1.15 bits per heavy atom. The highest BCUT2D eigenvalue weighted by Gasteiger charge is 2.36. The SMILES string of the molecule is CC(C)(C)OC(=O)N1CCC[C@H]1c1ncc(-c2ccc3c(c2)cc2n3C(c3ccc(CC(F)(F)F)s3)Oc3cc(Cl)cc(F)c3-2)[nH]1. The Kier molecular flexibility index (Phi) is 7.35. The first kappa shape index (κ1) is 30.6. The van der Waals surface area contributed by atoms with Crippen molar-refractivity contribution in [3.8, 4) is 28.3 Å². The number of ether oxygens (including phenoxy) is 2. The van der Waals surface area contributed by atoms with Crippen molar-refractivity contribution in [2.75, 3.05) is 6.54 Å². The van der Waals surface area contributed by atoms with Crippen LogP contribution in [0, 0.1) is 5.82 Å². The quantitative estimate of drug-likeness (QED) is 0.193. The molecule has 5 heterocycles. The second kappa shape index (κ2) is 11.0. The molecule has 7 rings (SSSR count). The van der Waals surface area contributed by atoms with Crippen molar-refractivity contribution in [3.63, 3.8) is 0 Å². The lowest BCUT2D eigenvalue weighted by atomic mass is 10.1. The summed E-state index contributed by atoms with van der Waals surface area (Å²) in [4.78, 5) is 23.2. The number of amides is 1. The number of halogens is 5. The molecule has 1 fully saturated rings. The number of H-pyrrole nitrogens is 1. The van der Waals surface area contributed by atoms with E-state index in [1.54, 1.807) is 21.7 Å². The number of nitrogens with one attached hydrogen (secondary N) is 1. The van der Waals surface area contributed by atoms with Crippen LogP contribution in [-0.2, 0) is 11.2 Å². The highest BCUT2D eigenvalue weighted by atomic mass is 35.5. The summed E-state index contributed by atoms with van der Waals surface area (Å²) < 4.78 is 68.5. The van der Waals surface area contributed by atoms with Crippen LogP contribution >= 0.6 is 22.9 Å². The maximum atomic E-state index is 15.4. The predicted molar refractivity (Wildman–Crippen MR) is 168 cm³/mol. The number of thiophene rings is 1. The van der Waals surface area contributed by atoms with Crippen LogP contribution in [-0.4, -0.2) is 43.9 Å². The van der Waals surface area contributed by atoms with Crippen molar-refractivity contribution in [3.05, 3.63) is 81.1 Å². The van der Waals surface area contributed by atoms with Gasteiger partial charge in [-0.2, -0.15) is 13.2 Å². The van der Waals surface area contributed by atoms with Gasteiger partial charge in [-0.25, -0.2) is 14.2 Å². The Morgan fingerprint density at radius 2 is 1.96 bits per heavy atom. The highest BCUT2D eigenvalue weighted by Crippen LogP contribution is 2.48. The molecule has 1 amide bonds. The molecule has 0 bridgehead atoms. The van der Waals surface area contributed by atoms with Crippen molar-refractivity contribution < 1.29 is 31.8 Å². The van der Waals surface area contributed by atoms with Crippen molar-refractivity contribution in [1.29, 1.82) is 0 Å². The van der Waals surface area contributed by atoms with Gasteiger partial charge in [0, 0.05) is 27.4 Å². The molecule has 0 aliphatic carbocycles. The van der Waals surface area contributed by atoms with Crippen LogP contribution in [0.1, 0.15) is 61.5 Å². The summed E-state index contributed by atoms with van der Waals surface area (Å²) in [5.41, 5.74) is 2.38. The number of hydrogen-bond donors (Lipinski definition) is 1. The number of nitrogens with zero attached hydrogens (tertiary/aromatic N) is 3. The molecule has 0 radical (unpaired) electrons. The minimum atomic E-state index is -4.35. The molecule has 1 saturated heterocycles. The number of imidazole rings is 1. The maximum Gasteiger partial charge on any atom is 0.410 e. The van der Waals surface area contributed by atoms with Crippen LogP contribution in [0.4, 0.5) is 22.4 Å². The van der Waals surface area contributed by atoms with Gasteiger partial charge in [0.2, 0.25) is 6.23 Å². The predicted octanol–water partition coefficient (Wildman–Crippen LogP) is 9.67. The van der Waals surface area contributed by atoms with E-state index in [1.807, 2.05) is 45.0 Å². The van der Waals surface area contributed by atoms with Crippen LogP contribution in [0.15, 0.2) is 54.7 Å². The van der Waals surface area contributed by atoms with E-state index in [4.69, 9.17) is 21.1 Å². The van der Waals surface area contributed by atoms with E-state index in [0.29, 0.717) is 28.5 Å². The van der Waals surface area contributed by atoms with Gasteiger partial charge < -0.3 is 14.5 Å². The number of aromatic amines is 1. The smallest absolute Gasteiger partial charge is 0.410 e. The van der Waals surface area contributed by atoms with Crippen LogP contribution in [0.25, 0.3) is 33.4 Å². The fourth-order valence-electron chi connectivity index (χ4n) is 6.16. The summed E-state index contributed by atoms with van der Waals surface area (Å²) in [5.74, 6) is 0.294.